The van der Waals surface area contributed by atoms with Crippen molar-refractivity contribution in [3.63, 3.8) is 0 Å². The van der Waals surface area contributed by atoms with Gasteiger partial charge in [-0.3, -0.25) is 4.79 Å². The molecule has 0 aliphatic carbocycles. The minimum Gasteiger partial charge on any atom is -0.493 e. The van der Waals surface area contributed by atoms with Crippen LogP contribution in [0.2, 0.25) is 0 Å². The molecule has 126 valence electrons. The molecule has 0 saturated carbocycles. The van der Waals surface area contributed by atoms with Crippen molar-refractivity contribution in [2.45, 2.75) is 12.3 Å². The summed E-state index contributed by atoms with van der Waals surface area (Å²) in [5.41, 5.74) is 2.73. The molecular formula is C19H21NO3S. The Balaban J connectivity index is 1.97. The van der Waals surface area contributed by atoms with E-state index in [0.717, 1.165) is 29.0 Å². The molecule has 1 heterocycles. The van der Waals surface area contributed by atoms with E-state index in [1.54, 1.807) is 26.0 Å². The second-order valence-corrected chi connectivity index (χ2v) is 6.81. The minimum atomic E-state index is -0.0674. The minimum absolute atomic E-state index is 0.0629. The molecule has 0 aromatic heterocycles. The molecule has 0 radical (unpaired) electrons. The Bertz CT molecular complexity index is 747. The Morgan fingerprint density at radius 2 is 1.92 bits per heavy atom. The molecule has 1 saturated heterocycles. The first-order chi connectivity index (χ1) is 11.7. The molecule has 2 aromatic carbocycles. The number of thioether (sulfide) groups is 1. The number of carbonyl (C=O) groups is 1. The molecule has 1 atom stereocenters. The summed E-state index contributed by atoms with van der Waals surface area (Å²) in [6, 6.07) is 13.5. The average molecular weight is 343 g/mol. The summed E-state index contributed by atoms with van der Waals surface area (Å²) in [6.45, 7) is 2.69. The molecule has 1 aliphatic heterocycles. The van der Waals surface area contributed by atoms with Gasteiger partial charge in [0.2, 0.25) is 0 Å². The van der Waals surface area contributed by atoms with Crippen molar-refractivity contribution in [1.82, 2.24) is 4.90 Å². The van der Waals surface area contributed by atoms with Crippen LogP contribution in [0.25, 0.3) is 0 Å². The summed E-state index contributed by atoms with van der Waals surface area (Å²) in [6.07, 6.45) is 0. The van der Waals surface area contributed by atoms with Gasteiger partial charge in [-0.2, -0.15) is 0 Å². The maximum Gasteiger partial charge on any atom is 0.255 e. The van der Waals surface area contributed by atoms with Gasteiger partial charge in [-0.05, 0) is 24.6 Å². The predicted octanol–water partition coefficient (Wildman–Crippen LogP) is 3.90. The lowest BCUT2D eigenvalue weighted by molar-refractivity contribution is 0.0758. The third kappa shape index (κ3) is 2.96. The van der Waals surface area contributed by atoms with Crippen LogP contribution in [0.3, 0.4) is 0 Å². The number of hydrogen-bond acceptors (Lipinski definition) is 4. The molecule has 1 fully saturated rings. The molecule has 1 aliphatic rings. The van der Waals surface area contributed by atoms with Crippen LogP contribution in [0.1, 0.15) is 26.9 Å². The van der Waals surface area contributed by atoms with Crippen molar-refractivity contribution >= 4 is 17.7 Å². The van der Waals surface area contributed by atoms with Gasteiger partial charge in [-0.25, -0.2) is 0 Å². The Kier molecular flexibility index (Phi) is 5.00. The zero-order valence-electron chi connectivity index (χ0n) is 14.1. The summed E-state index contributed by atoms with van der Waals surface area (Å²) < 4.78 is 11.0. The summed E-state index contributed by atoms with van der Waals surface area (Å²) in [7, 11) is 3.26. The Labute approximate surface area is 146 Å². The van der Waals surface area contributed by atoms with E-state index in [2.05, 4.69) is 0 Å². The van der Waals surface area contributed by atoms with Gasteiger partial charge in [-0.1, -0.05) is 30.3 Å². The van der Waals surface area contributed by atoms with E-state index in [0.29, 0.717) is 11.5 Å². The quantitative estimate of drug-likeness (QED) is 0.844. The number of benzene rings is 2. The average Bonchev–Trinajstić information content (AvgIpc) is 3.10. The highest BCUT2D eigenvalue weighted by Gasteiger charge is 2.34. The number of aryl methyl sites for hydroxylation is 1. The topological polar surface area (TPSA) is 38.8 Å². The van der Waals surface area contributed by atoms with Gasteiger partial charge in [0.1, 0.15) is 5.37 Å². The molecule has 5 heteroatoms. The van der Waals surface area contributed by atoms with Crippen LogP contribution in [0.15, 0.2) is 42.5 Å². The van der Waals surface area contributed by atoms with Crippen molar-refractivity contribution in [2.24, 2.45) is 0 Å². The number of hydrogen-bond donors (Lipinski definition) is 0. The van der Waals surface area contributed by atoms with Crippen LogP contribution in [-0.2, 0) is 0 Å². The predicted molar refractivity (Wildman–Crippen MR) is 97.0 cm³/mol. The number of rotatable bonds is 4. The van der Waals surface area contributed by atoms with Crippen molar-refractivity contribution in [2.75, 3.05) is 26.5 Å². The van der Waals surface area contributed by atoms with E-state index in [9.17, 15) is 4.79 Å². The fraction of sp³-hybridized carbons (Fsp3) is 0.316. The molecule has 4 nitrogen and oxygen atoms in total. The van der Waals surface area contributed by atoms with Crippen LogP contribution in [0, 0.1) is 6.92 Å². The Hall–Kier alpha value is -2.14. The number of nitrogens with zero attached hydrogens (tertiary/aromatic N) is 1. The lowest BCUT2D eigenvalue weighted by Crippen LogP contribution is -2.31. The Morgan fingerprint density at radius 3 is 2.62 bits per heavy atom. The second kappa shape index (κ2) is 7.18. The molecule has 1 amide bonds. The fourth-order valence-corrected chi connectivity index (χ4v) is 4.28. The van der Waals surface area contributed by atoms with Crippen molar-refractivity contribution in [1.29, 1.82) is 0 Å². The monoisotopic (exact) mass is 343 g/mol. The summed E-state index contributed by atoms with van der Waals surface area (Å²) in [5, 5.41) is -0.0674. The highest BCUT2D eigenvalue weighted by Crippen LogP contribution is 2.45. The zero-order valence-corrected chi connectivity index (χ0v) is 14.9. The molecule has 0 bridgehead atoms. The van der Waals surface area contributed by atoms with Crippen LogP contribution in [-0.4, -0.2) is 37.3 Å². The number of para-hydroxylation sites is 1. The van der Waals surface area contributed by atoms with E-state index in [1.807, 2.05) is 54.3 Å². The molecule has 0 N–H and O–H groups in total. The molecule has 3 rings (SSSR count). The standard InChI is InChI=1S/C19H21NO3S/c1-13-7-4-5-8-14(13)18(21)20-11-12-24-19(20)15-9-6-10-16(22-2)17(15)23-3/h4-10,19H,11-12H2,1-3H3. The lowest BCUT2D eigenvalue weighted by atomic mass is 10.1. The van der Waals surface area contributed by atoms with Gasteiger partial charge >= 0.3 is 0 Å². The molecule has 24 heavy (non-hydrogen) atoms. The maximum absolute atomic E-state index is 13.0. The third-order valence-corrected chi connectivity index (χ3v) is 5.47. The first kappa shape index (κ1) is 16.7. The largest absolute Gasteiger partial charge is 0.493 e. The van der Waals surface area contributed by atoms with Crippen molar-refractivity contribution in [3.05, 3.63) is 59.2 Å². The second-order valence-electron chi connectivity index (χ2n) is 5.62. The van der Waals surface area contributed by atoms with E-state index >= 15 is 0 Å². The number of carbonyl (C=O) groups excluding carboxylic acids is 1. The number of amides is 1. The highest BCUT2D eigenvalue weighted by atomic mass is 32.2. The SMILES string of the molecule is COc1cccc(C2SCCN2C(=O)c2ccccc2C)c1OC. The van der Waals surface area contributed by atoms with E-state index in [4.69, 9.17) is 9.47 Å². The van der Waals surface area contributed by atoms with Gasteiger partial charge in [0.15, 0.2) is 11.5 Å². The van der Waals surface area contributed by atoms with Crippen LogP contribution >= 0.6 is 11.8 Å². The van der Waals surface area contributed by atoms with Crippen molar-refractivity contribution in [3.8, 4) is 11.5 Å². The van der Waals surface area contributed by atoms with Crippen LogP contribution in [0.4, 0.5) is 0 Å². The summed E-state index contributed by atoms with van der Waals surface area (Å²) in [5.74, 6) is 2.35. The van der Waals surface area contributed by atoms with Crippen LogP contribution in [0.5, 0.6) is 11.5 Å². The van der Waals surface area contributed by atoms with E-state index in [1.165, 1.54) is 0 Å². The van der Waals surface area contributed by atoms with E-state index in [-0.39, 0.29) is 11.3 Å². The van der Waals surface area contributed by atoms with E-state index < -0.39 is 0 Å². The van der Waals surface area contributed by atoms with Gasteiger partial charge in [0.05, 0.1) is 14.2 Å². The zero-order chi connectivity index (χ0) is 17.1. The number of methoxy groups -OCH3 is 2. The molecule has 2 aromatic rings. The van der Waals surface area contributed by atoms with Gasteiger partial charge < -0.3 is 14.4 Å². The number of ether oxygens (including phenoxy) is 2. The first-order valence-corrected chi connectivity index (χ1v) is 8.91. The maximum atomic E-state index is 13.0. The fourth-order valence-electron chi connectivity index (χ4n) is 3.01. The Morgan fingerprint density at radius 1 is 1.12 bits per heavy atom. The highest BCUT2D eigenvalue weighted by molar-refractivity contribution is 7.99. The molecular weight excluding hydrogens is 322 g/mol. The van der Waals surface area contributed by atoms with Gasteiger partial charge in [0.25, 0.3) is 5.91 Å². The summed E-state index contributed by atoms with van der Waals surface area (Å²) in [4.78, 5) is 15.0. The van der Waals surface area contributed by atoms with Gasteiger partial charge in [0, 0.05) is 23.4 Å². The molecule has 1 unspecified atom stereocenters. The molecule has 0 spiro atoms. The smallest absolute Gasteiger partial charge is 0.255 e. The van der Waals surface area contributed by atoms with Crippen molar-refractivity contribution < 1.29 is 14.3 Å². The normalized spacial score (nSPS) is 17.0. The lowest BCUT2D eigenvalue weighted by Gasteiger charge is -2.26. The summed E-state index contributed by atoms with van der Waals surface area (Å²) >= 11 is 1.75. The van der Waals surface area contributed by atoms with Gasteiger partial charge in [-0.15, -0.1) is 11.8 Å². The van der Waals surface area contributed by atoms with Crippen LogP contribution < -0.4 is 9.47 Å². The first-order valence-electron chi connectivity index (χ1n) is 7.86. The third-order valence-electron chi connectivity index (χ3n) is 4.23.